The molecule has 0 N–H and O–H groups in total. The maximum atomic E-state index is 13.2. The number of aromatic nitrogens is 3. The van der Waals surface area contributed by atoms with Crippen molar-refractivity contribution in [2.75, 3.05) is 13.1 Å². The van der Waals surface area contributed by atoms with E-state index in [0.717, 1.165) is 55.3 Å². The molecule has 1 saturated heterocycles. The Labute approximate surface area is 153 Å². The summed E-state index contributed by atoms with van der Waals surface area (Å²) in [7, 11) is 2.04. The number of nitrogens with zero attached hydrogens (tertiary/aromatic N) is 4. The van der Waals surface area contributed by atoms with Crippen molar-refractivity contribution in [2.45, 2.75) is 25.3 Å². The number of aryl methyl sites for hydroxylation is 1. The fourth-order valence-electron chi connectivity index (χ4n) is 3.65. The molecule has 0 spiro atoms. The van der Waals surface area contributed by atoms with Crippen molar-refractivity contribution in [3.63, 3.8) is 0 Å². The minimum absolute atomic E-state index is 0.220. The highest BCUT2D eigenvalue weighted by Crippen LogP contribution is 2.28. The smallest absolute Gasteiger partial charge is 0.123 e. The second-order valence-corrected chi connectivity index (χ2v) is 6.98. The van der Waals surface area contributed by atoms with Crippen LogP contribution in [0.15, 0.2) is 54.9 Å². The molecule has 0 amide bonds. The predicted molar refractivity (Wildman–Crippen MR) is 100 cm³/mol. The Balaban J connectivity index is 1.51. The third-order valence-corrected chi connectivity index (χ3v) is 5.12. The Morgan fingerprint density at radius 2 is 2.00 bits per heavy atom. The van der Waals surface area contributed by atoms with E-state index < -0.39 is 0 Å². The Kier molecular flexibility index (Phi) is 4.80. The number of imidazole rings is 1. The van der Waals surface area contributed by atoms with Crippen LogP contribution in [0.2, 0.25) is 0 Å². The van der Waals surface area contributed by atoms with Crippen molar-refractivity contribution in [1.29, 1.82) is 0 Å². The number of benzene rings is 1. The van der Waals surface area contributed by atoms with Crippen molar-refractivity contribution in [3.05, 3.63) is 72.2 Å². The lowest BCUT2D eigenvalue weighted by Gasteiger charge is -2.32. The molecule has 0 aliphatic carbocycles. The first-order valence-electron chi connectivity index (χ1n) is 9.10. The number of halogens is 1. The predicted octanol–water partition coefficient (Wildman–Crippen LogP) is 4.00. The second kappa shape index (κ2) is 7.38. The van der Waals surface area contributed by atoms with Crippen molar-refractivity contribution in [1.82, 2.24) is 19.4 Å². The SMILES string of the molecule is Cn1ccnc1CN1CCC[C@@H](c2cccc(-c3ccc(F)cc3)n2)C1. The third-order valence-electron chi connectivity index (χ3n) is 5.12. The lowest BCUT2D eigenvalue weighted by Crippen LogP contribution is -2.34. The lowest BCUT2D eigenvalue weighted by atomic mass is 9.94. The summed E-state index contributed by atoms with van der Waals surface area (Å²) in [6.45, 7) is 2.96. The molecule has 0 unspecified atom stereocenters. The van der Waals surface area contributed by atoms with Crippen LogP contribution in [-0.2, 0) is 13.6 Å². The molecule has 2 aromatic heterocycles. The maximum absolute atomic E-state index is 13.2. The van der Waals surface area contributed by atoms with Gasteiger partial charge in [-0.05, 0) is 55.8 Å². The summed E-state index contributed by atoms with van der Waals surface area (Å²) < 4.78 is 15.2. The van der Waals surface area contributed by atoms with E-state index in [1.165, 1.54) is 12.1 Å². The number of piperidine rings is 1. The van der Waals surface area contributed by atoms with E-state index in [0.29, 0.717) is 5.92 Å². The monoisotopic (exact) mass is 350 g/mol. The van der Waals surface area contributed by atoms with Crippen LogP contribution in [0.4, 0.5) is 4.39 Å². The molecule has 134 valence electrons. The molecule has 5 heteroatoms. The fourth-order valence-corrected chi connectivity index (χ4v) is 3.65. The fraction of sp³-hybridized carbons (Fsp3) is 0.333. The molecule has 1 aromatic carbocycles. The highest BCUT2D eigenvalue weighted by molar-refractivity contribution is 5.59. The van der Waals surface area contributed by atoms with Gasteiger partial charge in [0, 0.05) is 43.2 Å². The first kappa shape index (κ1) is 16.9. The number of rotatable bonds is 4. The van der Waals surface area contributed by atoms with Gasteiger partial charge in [0.05, 0.1) is 12.2 Å². The molecular weight excluding hydrogens is 327 g/mol. The minimum atomic E-state index is -0.220. The van der Waals surface area contributed by atoms with Crippen LogP contribution in [0.3, 0.4) is 0 Å². The Morgan fingerprint density at radius 3 is 2.77 bits per heavy atom. The van der Waals surface area contributed by atoms with E-state index in [4.69, 9.17) is 4.98 Å². The number of hydrogen-bond donors (Lipinski definition) is 0. The standard InChI is InChI=1S/C21H23FN4/c1-25-13-11-23-21(25)15-26-12-3-4-17(14-26)20-6-2-5-19(24-20)16-7-9-18(22)10-8-16/h2,5-11,13,17H,3-4,12,14-15H2,1H3/t17-/m1/s1. The van der Waals surface area contributed by atoms with Gasteiger partial charge in [0.2, 0.25) is 0 Å². The van der Waals surface area contributed by atoms with Crippen LogP contribution in [0, 0.1) is 5.82 Å². The zero-order valence-electron chi connectivity index (χ0n) is 15.0. The summed E-state index contributed by atoms with van der Waals surface area (Å²) in [6, 6.07) is 12.7. The first-order valence-corrected chi connectivity index (χ1v) is 9.10. The van der Waals surface area contributed by atoms with Gasteiger partial charge in [-0.25, -0.2) is 9.37 Å². The number of pyridine rings is 1. The van der Waals surface area contributed by atoms with E-state index in [2.05, 4.69) is 26.6 Å². The Bertz CT molecular complexity index is 872. The third kappa shape index (κ3) is 3.68. The molecule has 1 aliphatic rings. The summed E-state index contributed by atoms with van der Waals surface area (Å²) in [6.07, 6.45) is 6.16. The second-order valence-electron chi connectivity index (χ2n) is 6.98. The van der Waals surface area contributed by atoms with Crippen molar-refractivity contribution in [3.8, 4) is 11.3 Å². The molecule has 0 radical (unpaired) electrons. The van der Waals surface area contributed by atoms with Crippen LogP contribution in [0.5, 0.6) is 0 Å². The van der Waals surface area contributed by atoms with E-state index >= 15 is 0 Å². The normalized spacial score (nSPS) is 18.2. The number of hydrogen-bond acceptors (Lipinski definition) is 3. The van der Waals surface area contributed by atoms with Gasteiger partial charge in [0.15, 0.2) is 0 Å². The summed E-state index contributed by atoms with van der Waals surface area (Å²) in [5.74, 6) is 1.30. The summed E-state index contributed by atoms with van der Waals surface area (Å²) in [4.78, 5) is 11.8. The molecule has 4 rings (SSSR count). The Hall–Kier alpha value is -2.53. The summed E-state index contributed by atoms with van der Waals surface area (Å²) in [5, 5.41) is 0. The maximum Gasteiger partial charge on any atom is 0.123 e. The van der Waals surface area contributed by atoms with Gasteiger partial charge in [-0.2, -0.15) is 0 Å². The van der Waals surface area contributed by atoms with Crippen molar-refractivity contribution >= 4 is 0 Å². The van der Waals surface area contributed by atoms with Crippen LogP contribution in [-0.4, -0.2) is 32.5 Å². The topological polar surface area (TPSA) is 34.0 Å². The molecule has 1 aliphatic heterocycles. The molecule has 1 fully saturated rings. The minimum Gasteiger partial charge on any atom is -0.337 e. The molecule has 4 nitrogen and oxygen atoms in total. The molecule has 26 heavy (non-hydrogen) atoms. The van der Waals surface area contributed by atoms with E-state index in [9.17, 15) is 4.39 Å². The van der Waals surface area contributed by atoms with Gasteiger partial charge in [0.25, 0.3) is 0 Å². The first-order chi connectivity index (χ1) is 12.7. The van der Waals surface area contributed by atoms with Crippen LogP contribution in [0.1, 0.15) is 30.3 Å². The van der Waals surface area contributed by atoms with E-state index in [1.54, 1.807) is 12.1 Å². The molecule has 0 saturated carbocycles. The molecule has 1 atom stereocenters. The average molecular weight is 350 g/mol. The van der Waals surface area contributed by atoms with Crippen molar-refractivity contribution < 1.29 is 4.39 Å². The van der Waals surface area contributed by atoms with Crippen LogP contribution in [0.25, 0.3) is 11.3 Å². The Morgan fingerprint density at radius 1 is 1.15 bits per heavy atom. The quantitative estimate of drug-likeness (QED) is 0.713. The van der Waals surface area contributed by atoms with Crippen LogP contribution >= 0.6 is 0 Å². The zero-order chi connectivity index (χ0) is 17.9. The molecule has 3 heterocycles. The molecular formula is C21H23FN4. The number of likely N-dealkylation sites (tertiary alicyclic amines) is 1. The van der Waals surface area contributed by atoms with Gasteiger partial charge >= 0.3 is 0 Å². The van der Waals surface area contributed by atoms with Gasteiger partial charge < -0.3 is 4.57 Å². The highest BCUT2D eigenvalue weighted by atomic mass is 19.1. The van der Waals surface area contributed by atoms with Gasteiger partial charge in [0.1, 0.15) is 11.6 Å². The average Bonchev–Trinajstić information content (AvgIpc) is 3.07. The van der Waals surface area contributed by atoms with E-state index in [1.807, 2.05) is 25.5 Å². The lowest BCUT2D eigenvalue weighted by molar-refractivity contribution is 0.192. The van der Waals surface area contributed by atoms with Gasteiger partial charge in [-0.3, -0.25) is 9.88 Å². The molecule has 0 bridgehead atoms. The van der Waals surface area contributed by atoms with E-state index in [-0.39, 0.29) is 5.82 Å². The molecule has 3 aromatic rings. The zero-order valence-corrected chi connectivity index (χ0v) is 15.0. The van der Waals surface area contributed by atoms with Gasteiger partial charge in [-0.15, -0.1) is 0 Å². The largest absolute Gasteiger partial charge is 0.337 e. The van der Waals surface area contributed by atoms with Crippen molar-refractivity contribution in [2.24, 2.45) is 7.05 Å². The summed E-state index contributed by atoms with van der Waals surface area (Å²) >= 11 is 0. The van der Waals surface area contributed by atoms with Gasteiger partial charge in [-0.1, -0.05) is 6.07 Å². The highest BCUT2D eigenvalue weighted by Gasteiger charge is 2.23. The van der Waals surface area contributed by atoms with Crippen LogP contribution < -0.4 is 0 Å². The summed E-state index contributed by atoms with van der Waals surface area (Å²) in [5.41, 5.74) is 2.98.